The molecule has 2 heterocycles. The predicted octanol–water partition coefficient (Wildman–Crippen LogP) is 2.03. The van der Waals surface area contributed by atoms with Gasteiger partial charge in [-0.25, -0.2) is 0 Å². The first-order chi connectivity index (χ1) is 12.7. The van der Waals surface area contributed by atoms with Gasteiger partial charge >= 0.3 is 0 Å². The summed E-state index contributed by atoms with van der Waals surface area (Å²) in [7, 11) is 2.12. The summed E-state index contributed by atoms with van der Waals surface area (Å²) in [6.07, 6.45) is 4.01. The van der Waals surface area contributed by atoms with Crippen LogP contribution in [0.25, 0.3) is 0 Å². The summed E-state index contributed by atoms with van der Waals surface area (Å²) < 4.78 is 1.78. The van der Waals surface area contributed by atoms with Crippen molar-refractivity contribution in [3.8, 4) is 0 Å². The van der Waals surface area contributed by atoms with E-state index in [0.29, 0.717) is 5.69 Å². The van der Waals surface area contributed by atoms with E-state index < -0.39 is 0 Å². The molecule has 1 fully saturated rings. The van der Waals surface area contributed by atoms with Crippen molar-refractivity contribution < 1.29 is 4.79 Å². The molecule has 140 valence electrons. The van der Waals surface area contributed by atoms with E-state index in [9.17, 15) is 4.79 Å². The zero-order valence-electron chi connectivity index (χ0n) is 15.4. The number of aryl methyl sites for hydroxylation is 1. The van der Waals surface area contributed by atoms with Crippen molar-refractivity contribution in [2.75, 3.05) is 44.7 Å². The quantitative estimate of drug-likeness (QED) is 0.709. The Morgan fingerprint density at radius 2 is 1.96 bits per heavy atom. The molecule has 7 heteroatoms. The lowest BCUT2D eigenvalue weighted by Crippen LogP contribution is -2.38. The van der Waals surface area contributed by atoms with Gasteiger partial charge in [0.2, 0.25) is 0 Å². The van der Waals surface area contributed by atoms with Gasteiger partial charge in [-0.3, -0.25) is 9.48 Å². The third kappa shape index (κ3) is 5.57. The number of thioether (sulfide) groups is 1. The maximum atomic E-state index is 12.4. The van der Waals surface area contributed by atoms with E-state index in [1.807, 2.05) is 16.7 Å². The summed E-state index contributed by atoms with van der Waals surface area (Å²) in [5, 5.41) is 8.19. The summed E-state index contributed by atoms with van der Waals surface area (Å²) in [6, 6.07) is 10.6. The molecule has 26 heavy (non-hydrogen) atoms. The van der Waals surface area contributed by atoms with Crippen LogP contribution in [-0.2, 0) is 13.0 Å². The van der Waals surface area contributed by atoms with Crippen LogP contribution in [0.4, 0.5) is 0 Å². The smallest absolute Gasteiger partial charge is 0.276 e. The third-order valence-corrected chi connectivity index (χ3v) is 5.56. The summed E-state index contributed by atoms with van der Waals surface area (Å²) in [6.45, 7) is 4.30. The lowest BCUT2D eigenvalue weighted by Gasteiger charge is -2.25. The third-order valence-electron chi connectivity index (χ3n) is 4.61. The fourth-order valence-electron chi connectivity index (χ4n) is 3.02. The van der Waals surface area contributed by atoms with Crippen LogP contribution < -0.4 is 0 Å². The Morgan fingerprint density at radius 1 is 1.19 bits per heavy atom. The molecule has 6 nitrogen and oxygen atoms in total. The van der Waals surface area contributed by atoms with Crippen LogP contribution in [0.1, 0.15) is 22.5 Å². The topological polar surface area (TPSA) is 54.3 Å². The zero-order valence-corrected chi connectivity index (χ0v) is 16.2. The van der Waals surface area contributed by atoms with E-state index in [2.05, 4.69) is 52.6 Å². The lowest BCUT2D eigenvalue weighted by atomic mass is 10.1. The van der Waals surface area contributed by atoms with E-state index in [0.717, 1.165) is 57.1 Å². The van der Waals surface area contributed by atoms with Gasteiger partial charge in [-0.1, -0.05) is 35.5 Å². The molecule has 1 saturated heterocycles. The highest BCUT2D eigenvalue weighted by Crippen LogP contribution is 2.11. The molecule has 1 aromatic heterocycles. The number of likely N-dealkylation sites (N-methyl/N-ethyl adjacent to an activating group) is 1. The zero-order chi connectivity index (χ0) is 18.2. The van der Waals surface area contributed by atoms with Gasteiger partial charge in [-0.15, -0.1) is 5.10 Å². The number of amides is 1. The summed E-state index contributed by atoms with van der Waals surface area (Å²) in [4.78, 5) is 16.6. The molecule has 1 aliphatic heterocycles. The summed E-state index contributed by atoms with van der Waals surface area (Å²) in [5.74, 6) is 2.02. The average molecular weight is 374 g/mol. The number of nitrogens with zero attached hydrogens (tertiary/aromatic N) is 5. The maximum absolute atomic E-state index is 12.4. The number of carbonyl (C=O) groups is 1. The first kappa shape index (κ1) is 18.9. The fourth-order valence-corrected chi connectivity index (χ4v) is 3.92. The highest BCUT2D eigenvalue weighted by atomic mass is 32.2. The predicted molar refractivity (Wildman–Crippen MR) is 106 cm³/mol. The molecule has 0 unspecified atom stereocenters. The Labute approximate surface area is 159 Å². The van der Waals surface area contributed by atoms with Crippen LogP contribution in [0.15, 0.2) is 36.5 Å². The Bertz CT molecular complexity index is 684. The molecule has 3 rings (SSSR count). The number of hydrogen-bond acceptors (Lipinski definition) is 5. The van der Waals surface area contributed by atoms with Crippen molar-refractivity contribution in [2.45, 2.75) is 19.4 Å². The van der Waals surface area contributed by atoms with Crippen molar-refractivity contribution >= 4 is 17.7 Å². The average Bonchev–Trinajstić information content (AvgIpc) is 3.16. The van der Waals surface area contributed by atoms with Crippen LogP contribution in [0.2, 0.25) is 0 Å². The molecule has 0 aliphatic carbocycles. The van der Waals surface area contributed by atoms with E-state index in [-0.39, 0.29) is 5.91 Å². The molecule has 2 aromatic rings. The van der Waals surface area contributed by atoms with Crippen LogP contribution in [0.5, 0.6) is 0 Å². The lowest BCUT2D eigenvalue weighted by molar-refractivity contribution is 0.0766. The molecule has 0 saturated carbocycles. The van der Waals surface area contributed by atoms with Gasteiger partial charge < -0.3 is 9.80 Å². The molecule has 1 aromatic carbocycles. The van der Waals surface area contributed by atoms with E-state index in [4.69, 9.17) is 0 Å². The Hall–Kier alpha value is -1.86. The molecule has 0 radical (unpaired) electrons. The van der Waals surface area contributed by atoms with E-state index in [1.54, 1.807) is 10.9 Å². The second-order valence-electron chi connectivity index (χ2n) is 6.66. The Balaban J connectivity index is 1.39. The van der Waals surface area contributed by atoms with Gasteiger partial charge in [0.15, 0.2) is 5.69 Å². The van der Waals surface area contributed by atoms with Crippen LogP contribution in [0, 0.1) is 0 Å². The molecule has 1 aliphatic rings. The monoisotopic (exact) mass is 373 g/mol. The first-order valence-corrected chi connectivity index (χ1v) is 10.4. The molecular formula is C19H27N5OS. The molecule has 0 atom stereocenters. The maximum Gasteiger partial charge on any atom is 0.276 e. The van der Waals surface area contributed by atoms with Gasteiger partial charge in [0, 0.05) is 31.1 Å². The number of carbonyl (C=O) groups excluding carboxylic acids is 1. The minimum atomic E-state index is 0.00719. The van der Waals surface area contributed by atoms with Crippen molar-refractivity contribution in [1.82, 2.24) is 24.8 Å². The minimum Gasteiger partial charge on any atom is -0.336 e. The summed E-state index contributed by atoms with van der Waals surface area (Å²) >= 11 is 1.89. The minimum absolute atomic E-state index is 0.00719. The molecular weight excluding hydrogens is 346 g/mol. The van der Waals surface area contributed by atoms with Crippen molar-refractivity contribution in [1.29, 1.82) is 0 Å². The van der Waals surface area contributed by atoms with Crippen LogP contribution in [-0.4, -0.2) is 75.4 Å². The van der Waals surface area contributed by atoms with Crippen molar-refractivity contribution in [2.24, 2.45) is 0 Å². The molecule has 0 N–H and O–H groups in total. The number of aromatic nitrogens is 3. The van der Waals surface area contributed by atoms with Crippen LogP contribution in [0.3, 0.4) is 0 Å². The number of benzene rings is 1. The Kier molecular flexibility index (Phi) is 7.08. The normalized spacial score (nSPS) is 14.8. The highest BCUT2D eigenvalue weighted by Gasteiger charge is 2.21. The van der Waals surface area contributed by atoms with Gasteiger partial charge in [0.05, 0.1) is 12.7 Å². The van der Waals surface area contributed by atoms with Crippen LogP contribution >= 0.6 is 11.8 Å². The van der Waals surface area contributed by atoms with Gasteiger partial charge in [-0.2, -0.15) is 11.8 Å². The SMILES string of the molecule is CN(CCCc1ccccc1)CCn1cc(C(=O)N2CCSCC2)nn1. The molecule has 0 spiro atoms. The molecule has 1 amide bonds. The second-order valence-corrected chi connectivity index (χ2v) is 7.89. The second kappa shape index (κ2) is 9.73. The number of rotatable bonds is 8. The molecule has 0 bridgehead atoms. The van der Waals surface area contributed by atoms with Gasteiger partial charge in [0.25, 0.3) is 5.91 Å². The van der Waals surface area contributed by atoms with Crippen molar-refractivity contribution in [3.63, 3.8) is 0 Å². The Morgan fingerprint density at radius 3 is 2.73 bits per heavy atom. The first-order valence-electron chi connectivity index (χ1n) is 9.22. The highest BCUT2D eigenvalue weighted by molar-refractivity contribution is 7.99. The largest absolute Gasteiger partial charge is 0.336 e. The van der Waals surface area contributed by atoms with E-state index >= 15 is 0 Å². The fraction of sp³-hybridized carbons (Fsp3) is 0.526. The summed E-state index contributed by atoms with van der Waals surface area (Å²) in [5.41, 5.74) is 1.85. The van der Waals surface area contributed by atoms with Gasteiger partial charge in [0.1, 0.15) is 0 Å². The number of hydrogen-bond donors (Lipinski definition) is 0. The standard InChI is InChI=1S/C19H27N5OS/c1-22(9-5-8-17-6-3-2-4-7-17)10-11-24-16-18(20-21-24)19(25)23-12-14-26-15-13-23/h2-4,6-7,16H,5,8-15H2,1H3. The van der Waals surface area contributed by atoms with Crippen molar-refractivity contribution in [3.05, 3.63) is 47.8 Å². The van der Waals surface area contributed by atoms with E-state index in [1.165, 1.54) is 5.56 Å². The van der Waals surface area contributed by atoms with Gasteiger partial charge in [-0.05, 0) is 32.0 Å².